The molecule has 3 heterocycles. The molecule has 0 bridgehead atoms. The second-order valence-electron chi connectivity index (χ2n) is 6.15. The summed E-state index contributed by atoms with van der Waals surface area (Å²) in [7, 11) is -3.67. The van der Waals surface area contributed by atoms with Gasteiger partial charge in [-0.25, -0.2) is 18.5 Å². The Hall–Kier alpha value is -2.66. The second kappa shape index (κ2) is 8.37. The molecule has 0 aliphatic rings. The zero-order chi connectivity index (χ0) is 20.3. The maximum Gasteiger partial charge on any atom is 0.243 e. The second-order valence-corrected chi connectivity index (χ2v) is 9.61. The lowest BCUT2D eigenvalue weighted by atomic mass is 10.1. The first-order valence-corrected chi connectivity index (χ1v) is 12.0. The smallest absolute Gasteiger partial charge is 0.243 e. The number of nitrogens with one attached hydrogen (secondary N) is 1. The summed E-state index contributed by atoms with van der Waals surface area (Å²) in [6, 6.07) is 14.5. The fraction of sp³-hybridized carbons (Fsp3) is 0.105. The van der Waals surface area contributed by atoms with Crippen molar-refractivity contribution in [2.75, 3.05) is 11.9 Å². The molecule has 7 nitrogen and oxygen atoms in total. The quantitative estimate of drug-likeness (QED) is 0.451. The van der Waals surface area contributed by atoms with Crippen LogP contribution in [0.3, 0.4) is 0 Å². The lowest BCUT2D eigenvalue weighted by Gasteiger charge is -2.09. The molecule has 0 saturated heterocycles. The summed E-state index contributed by atoms with van der Waals surface area (Å²) in [5.74, 6) is 0.454. The SMILES string of the molecule is NS(=O)(=O)c1ccc(CCNc2nnc(-c3cccs3)c(-c3cccs3)n2)cc1. The average Bonchev–Trinajstić information content (AvgIpc) is 3.42. The molecule has 0 aliphatic carbocycles. The first kappa shape index (κ1) is 19.6. The standard InChI is InChI=1S/C19H17N5O2S3/c20-29(25,26)14-7-5-13(6-8-14)9-10-21-19-22-17(15-3-1-11-27-15)18(23-24-19)16-4-2-12-28-16/h1-8,11-12H,9-10H2,(H2,20,25,26)(H,21,22,24). The van der Waals surface area contributed by atoms with Crippen LogP contribution in [0.2, 0.25) is 0 Å². The summed E-state index contributed by atoms with van der Waals surface area (Å²) in [5.41, 5.74) is 2.55. The fourth-order valence-electron chi connectivity index (χ4n) is 2.73. The number of hydrogen-bond donors (Lipinski definition) is 2. The number of aromatic nitrogens is 3. The molecule has 3 aromatic heterocycles. The molecule has 4 aromatic rings. The van der Waals surface area contributed by atoms with Crippen LogP contribution in [-0.2, 0) is 16.4 Å². The highest BCUT2D eigenvalue weighted by molar-refractivity contribution is 7.89. The highest BCUT2D eigenvalue weighted by Crippen LogP contribution is 2.33. The summed E-state index contributed by atoms with van der Waals surface area (Å²) < 4.78 is 22.7. The number of benzene rings is 1. The van der Waals surface area contributed by atoms with Crippen LogP contribution in [-0.4, -0.2) is 30.1 Å². The average molecular weight is 444 g/mol. The van der Waals surface area contributed by atoms with Gasteiger partial charge >= 0.3 is 0 Å². The van der Waals surface area contributed by atoms with E-state index >= 15 is 0 Å². The van der Waals surface area contributed by atoms with E-state index in [2.05, 4.69) is 20.5 Å². The summed E-state index contributed by atoms with van der Waals surface area (Å²) in [4.78, 5) is 6.84. The summed E-state index contributed by atoms with van der Waals surface area (Å²) in [6.07, 6.45) is 0.676. The minimum Gasteiger partial charge on any atom is -0.353 e. The molecule has 0 fully saturated rings. The van der Waals surface area contributed by atoms with Gasteiger partial charge in [0.05, 0.1) is 14.6 Å². The fourth-order valence-corrected chi connectivity index (χ4v) is 4.67. The van der Waals surface area contributed by atoms with Crippen molar-refractivity contribution < 1.29 is 8.42 Å². The number of thiophene rings is 2. The lowest BCUT2D eigenvalue weighted by molar-refractivity contribution is 0.598. The van der Waals surface area contributed by atoms with Crippen molar-refractivity contribution in [3.8, 4) is 21.1 Å². The maximum absolute atomic E-state index is 11.3. The van der Waals surface area contributed by atoms with Crippen molar-refractivity contribution in [2.45, 2.75) is 11.3 Å². The van der Waals surface area contributed by atoms with Gasteiger partial charge < -0.3 is 5.32 Å². The Morgan fingerprint density at radius 3 is 2.14 bits per heavy atom. The van der Waals surface area contributed by atoms with Gasteiger partial charge in [-0.05, 0) is 47.0 Å². The zero-order valence-electron chi connectivity index (χ0n) is 15.1. The summed E-state index contributed by atoms with van der Waals surface area (Å²) in [6.45, 7) is 0.582. The molecule has 0 spiro atoms. The summed E-state index contributed by atoms with van der Waals surface area (Å²) in [5, 5.41) is 21.0. The largest absolute Gasteiger partial charge is 0.353 e. The molecule has 29 heavy (non-hydrogen) atoms. The van der Waals surface area contributed by atoms with Crippen molar-refractivity contribution in [2.24, 2.45) is 5.14 Å². The van der Waals surface area contributed by atoms with Crippen molar-refractivity contribution in [1.82, 2.24) is 15.2 Å². The van der Waals surface area contributed by atoms with E-state index < -0.39 is 10.0 Å². The number of nitrogens with two attached hydrogens (primary N) is 1. The predicted molar refractivity (Wildman–Crippen MR) is 116 cm³/mol. The van der Waals surface area contributed by atoms with Crippen LogP contribution in [0.25, 0.3) is 21.1 Å². The van der Waals surface area contributed by atoms with Crippen LogP contribution in [0.5, 0.6) is 0 Å². The minimum absolute atomic E-state index is 0.103. The Morgan fingerprint density at radius 1 is 0.897 bits per heavy atom. The van der Waals surface area contributed by atoms with Gasteiger partial charge in [0.25, 0.3) is 0 Å². The van der Waals surface area contributed by atoms with Crippen molar-refractivity contribution in [1.29, 1.82) is 0 Å². The molecule has 0 saturated carbocycles. The van der Waals surface area contributed by atoms with E-state index in [1.165, 1.54) is 12.1 Å². The van der Waals surface area contributed by atoms with Crippen LogP contribution >= 0.6 is 22.7 Å². The number of nitrogens with zero attached hydrogens (tertiary/aromatic N) is 3. The van der Waals surface area contributed by atoms with E-state index in [1.54, 1.807) is 34.8 Å². The molecular weight excluding hydrogens is 426 g/mol. The highest BCUT2D eigenvalue weighted by Gasteiger charge is 2.15. The Morgan fingerprint density at radius 2 is 1.55 bits per heavy atom. The molecule has 0 radical (unpaired) electrons. The number of hydrogen-bond acceptors (Lipinski definition) is 8. The zero-order valence-corrected chi connectivity index (χ0v) is 17.6. The molecule has 0 unspecified atom stereocenters. The Kier molecular flexibility index (Phi) is 5.67. The molecule has 148 valence electrons. The van der Waals surface area contributed by atoms with Crippen LogP contribution < -0.4 is 10.5 Å². The first-order chi connectivity index (χ1) is 14.0. The normalized spacial score (nSPS) is 11.5. The first-order valence-electron chi connectivity index (χ1n) is 8.69. The van der Waals surface area contributed by atoms with Gasteiger partial charge in [0.1, 0.15) is 11.4 Å². The van der Waals surface area contributed by atoms with E-state index in [-0.39, 0.29) is 4.90 Å². The van der Waals surface area contributed by atoms with Gasteiger partial charge in [-0.15, -0.1) is 32.9 Å². The Bertz CT molecular complexity index is 1190. The van der Waals surface area contributed by atoms with E-state index in [4.69, 9.17) is 5.14 Å². The van der Waals surface area contributed by atoms with Gasteiger partial charge in [-0.2, -0.15) is 0 Å². The van der Waals surface area contributed by atoms with Gasteiger partial charge in [0, 0.05) is 6.54 Å². The van der Waals surface area contributed by atoms with Crippen LogP contribution in [0, 0.1) is 0 Å². The van der Waals surface area contributed by atoms with Gasteiger partial charge in [0.2, 0.25) is 16.0 Å². The molecule has 4 rings (SSSR count). The Balaban J connectivity index is 1.49. The number of rotatable bonds is 7. The maximum atomic E-state index is 11.3. The van der Waals surface area contributed by atoms with Crippen molar-refractivity contribution >= 4 is 38.6 Å². The van der Waals surface area contributed by atoms with Gasteiger partial charge in [-0.3, -0.25) is 0 Å². The lowest BCUT2D eigenvalue weighted by Crippen LogP contribution is -2.12. The number of sulfonamides is 1. The van der Waals surface area contributed by atoms with Crippen molar-refractivity contribution in [3.63, 3.8) is 0 Å². The molecule has 1 aromatic carbocycles. The predicted octanol–water partition coefficient (Wildman–Crippen LogP) is 3.63. The molecular formula is C19H17N5O2S3. The van der Waals surface area contributed by atoms with Crippen LogP contribution in [0.1, 0.15) is 5.56 Å². The monoisotopic (exact) mass is 443 g/mol. The highest BCUT2D eigenvalue weighted by atomic mass is 32.2. The van der Waals surface area contributed by atoms with Gasteiger partial charge in [-0.1, -0.05) is 24.3 Å². The number of primary sulfonamides is 1. The molecule has 0 amide bonds. The number of anilines is 1. The molecule has 3 N–H and O–H groups in total. The molecule has 10 heteroatoms. The summed E-state index contributed by atoms with van der Waals surface area (Å²) >= 11 is 3.21. The van der Waals surface area contributed by atoms with Crippen molar-refractivity contribution in [3.05, 3.63) is 64.9 Å². The van der Waals surface area contributed by atoms with Crippen LogP contribution in [0.15, 0.2) is 64.2 Å². The molecule has 0 aliphatic heterocycles. The van der Waals surface area contributed by atoms with E-state index in [0.717, 1.165) is 26.7 Å². The topological polar surface area (TPSA) is 111 Å². The third-order valence-electron chi connectivity index (χ3n) is 4.14. The van der Waals surface area contributed by atoms with E-state index in [0.29, 0.717) is 18.9 Å². The third kappa shape index (κ3) is 4.67. The molecule has 0 atom stereocenters. The third-order valence-corrected chi connectivity index (χ3v) is 6.83. The van der Waals surface area contributed by atoms with E-state index in [1.807, 2.05) is 35.0 Å². The van der Waals surface area contributed by atoms with E-state index in [9.17, 15) is 8.42 Å². The van der Waals surface area contributed by atoms with Crippen LogP contribution in [0.4, 0.5) is 5.95 Å². The minimum atomic E-state index is -3.67. The Labute approximate surface area is 176 Å². The van der Waals surface area contributed by atoms with Gasteiger partial charge in [0.15, 0.2) is 0 Å².